The summed E-state index contributed by atoms with van der Waals surface area (Å²) in [5.41, 5.74) is 1.21. The van der Waals surface area contributed by atoms with Crippen LogP contribution in [0.4, 0.5) is 4.39 Å². The first kappa shape index (κ1) is 14.0. The standard InChI is InChI=1S/C15H19FN2O/c1-11-3-2-6-18(15(11)10-19)9-13-7-14(16)5-4-12(13)8-17/h4-5,7,11,15,19H,2-3,6,9-10H2,1H3/t11-,15+/m0/s1. The first-order valence-corrected chi connectivity index (χ1v) is 6.69. The van der Waals surface area contributed by atoms with Crippen LogP contribution in [0.5, 0.6) is 0 Å². The van der Waals surface area contributed by atoms with Crippen molar-refractivity contribution in [1.82, 2.24) is 4.90 Å². The fourth-order valence-corrected chi connectivity index (χ4v) is 2.85. The molecule has 1 aliphatic heterocycles. The van der Waals surface area contributed by atoms with Gasteiger partial charge in [0.25, 0.3) is 0 Å². The molecule has 2 rings (SSSR count). The second-order valence-corrected chi connectivity index (χ2v) is 5.25. The van der Waals surface area contributed by atoms with Crippen LogP contribution in [0.2, 0.25) is 0 Å². The van der Waals surface area contributed by atoms with Crippen molar-refractivity contribution in [3.05, 3.63) is 35.1 Å². The maximum absolute atomic E-state index is 13.3. The Morgan fingerprint density at radius 1 is 1.53 bits per heavy atom. The summed E-state index contributed by atoms with van der Waals surface area (Å²) < 4.78 is 13.3. The molecule has 0 bridgehead atoms. The molecule has 1 aliphatic rings. The number of hydrogen-bond donors (Lipinski definition) is 1. The van der Waals surface area contributed by atoms with E-state index in [4.69, 9.17) is 5.26 Å². The van der Waals surface area contributed by atoms with E-state index >= 15 is 0 Å². The van der Waals surface area contributed by atoms with Gasteiger partial charge >= 0.3 is 0 Å². The van der Waals surface area contributed by atoms with E-state index in [9.17, 15) is 9.50 Å². The molecule has 2 atom stereocenters. The topological polar surface area (TPSA) is 47.3 Å². The number of nitrogens with zero attached hydrogens (tertiary/aromatic N) is 2. The van der Waals surface area contributed by atoms with E-state index < -0.39 is 0 Å². The Kier molecular flexibility index (Phi) is 4.52. The van der Waals surface area contributed by atoms with Gasteiger partial charge in [-0.25, -0.2) is 4.39 Å². The van der Waals surface area contributed by atoms with Crippen LogP contribution in [-0.2, 0) is 6.54 Å². The molecule has 0 saturated carbocycles. The molecule has 0 aliphatic carbocycles. The van der Waals surface area contributed by atoms with Crippen LogP contribution in [0.1, 0.15) is 30.9 Å². The Morgan fingerprint density at radius 3 is 3.00 bits per heavy atom. The van der Waals surface area contributed by atoms with Crippen LogP contribution in [0, 0.1) is 23.1 Å². The van der Waals surface area contributed by atoms with E-state index in [0.29, 0.717) is 23.6 Å². The van der Waals surface area contributed by atoms with Gasteiger partial charge in [0, 0.05) is 12.6 Å². The number of rotatable bonds is 3. The second-order valence-electron chi connectivity index (χ2n) is 5.25. The minimum absolute atomic E-state index is 0.101. The highest BCUT2D eigenvalue weighted by molar-refractivity contribution is 5.37. The third-order valence-electron chi connectivity index (χ3n) is 3.98. The number of hydrogen-bond acceptors (Lipinski definition) is 3. The smallest absolute Gasteiger partial charge is 0.123 e. The predicted octanol–water partition coefficient (Wildman–Crippen LogP) is 2.29. The van der Waals surface area contributed by atoms with Crippen LogP contribution in [0.25, 0.3) is 0 Å². The van der Waals surface area contributed by atoms with Crippen LogP contribution < -0.4 is 0 Å². The van der Waals surface area contributed by atoms with Gasteiger partial charge in [0.1, 0.15) is 5.82 Å². The number of nitriles is 1. The summed E-state index contributed by atoms with van der Waals surface area (Å²) in [7, 11) is 0. The number of halogens is 1. The largest absolute Gasteiger partial charge is 0.395 e. The van der Waals surface area contributed by atoms with E-state index in [2.05, 4.69) is 17.9 Å². The zero-order valence-corrected chi connectivity index (χ0v) is 11.1. The Labute approximate surface area is 113 Å². The molecule has 1 saturated heterocycles. The van der Waals surface area contributed by atoms with E-state index in [1.54, 1.807) is 0 Å². The van der Waals surface area contributed by atoms with Crippen molar-refractivity contribution in [3.63, 3.8) is 0 Å². The van der Waals surface area contributed by atoms with Crippen molar-refractivity contribution in [2.45, 2.75) is 32.4 Å². The molecule has 1 fully saturated rings. The zero-order valence-electron chi connectivity index (χ0n) is 11.1. The molecule has 4 heteroatoms. The van der Waals surface area contributed by atoms with Gasteiger partial charge in [-0.2, -0.15) is 5.26 Å². The van der Waals surface area contributed by atoms with Gasteiger partial charge in [-0.3, -0.25) is 4.90 Å². The van der Waals surface area contributed by atoms with Crippen molar-refractivity contribution in [1.29, 1.82) is 5.26 Å². The average molecular weight is 262 g/mol. The van der Waals surface area contributed by atoms with E-state index in [0.717, 1.165) is 19.4 Å². The summed E-state index contributed by atoms with van der Waals surface area (Å²) in [6.07, 6.45) is 2.19. The monoisotopic (exact) mass is 262 g/mol. The first-order chi connectivity index (χ1) is 9.15. The quantitative estimate of drug-likeness (QED) is 0.909. The van der Waals surface area contributed by atoms with E-state index in [1.807, 2.05) is 0 Å². The number of benzene rings is 1. The maximum atomic E-state index is 13.3. The molecule has 3 nitrogen and oxygen atoms in total. The van der Waals surface area contributed by atoms with Crippen molar-refractivity contribution >= 4 is 0 Å². The highest BCUT2D eigenvalue weighted by atomic mass is 19.1. The Hall–Kier alpha value is -1.44. The summed E-state index contributed by atoms with van der Waals surface area (Å²) in [4.78, 5) is 2.16. The molecule has 0 unspecified atom stereocenters. The molecule has 1 heterocycles. The van der Waals surface area contributed by atoms with Crippen LogP contribution >= 0.6 is 0 Å². The third kappa shape index (κ3) is 3.12. The van der Waals surface area contributed by atoms with Crippen LogP contribution in [-0.4, -0.2) is 29.2 Å². The summed E-state index contributed by atoms with van der Waals surface area (Å²) in [6, 6.07) is 6.45. The normalized spacial score (nSPS) is 24.1. The minimum Gasteiger partial charge on any atom is -0.395 e. The summed E-state index contributed by atoms with van der Waals surface area (Å²) in [5.74, 6) is 0.109. The predicted molar refractivity (Wildman–Crippen MR) is 70.8 cm³/mol. The minimum atomic E-state index is -0.320. The van der Waals surface area contributed by atoms with Crippen molar-refractivity contribution in [3.8, 4) is 6.07 Å². The molecular formula is C15H19FN2O. The van der Waals surface area contributed by atoms with Gasteiger partial charge in [0.2, 0.25) is 0 Å². The Bertz CT molecular complexity index is 484. The lowest BCUT2D eigenvalue weighted by molar-refractivity contribution is 0.0471. The van der Waals surface area contributed by atoms with Crippen molar-refractivity contribution in [2.75, 3.05) is 13.2 Å². The van der Waals surface area contributed by atoms with Crippen LogP contribution in [0.15, 0.2) is 18.2 Å². The SMILES string of the molecule is C[C@H]1CCCN(Cc2cc(F)ccc2C#N)[C@@H]1CO. The van der Waals surface area contributed by atoms with Crippen molar-refractivity contribution in [2.24, 2.45) is 5.92 Å². The van der Waals surface area contributed by atoms with Crippen LogP contribution in [0.3, 0.4) is 0 Å². The number of piperidine rings is 1. The molecule has 102 valence electrons. The lowest BCUT2D eigenvalue weighted by Gasteiger charge is -2.39. The second kappa shape index (κ2) is 6.14. The molecule has 0 radical (unpaired) electrons. The van der Waals surface area contributed by atoms with Gasteiger partial charge < -0.3 is 5.11 Å². The van der Waals surface area contributed by atoms with Crippen molar-refractivity contribution < 1.29 is 9.50 Å². The van der Waals surface area contributed by atoms with Gasteiger partial charge in [0.05, 0.1) is 18.2 Å². The molecule has 0 spiro atoms. The third-order valence-corrected chi connectivity index (χ3v) is 3.98. The number of aliphatic hydroxyl groups is 1. The van der Waals surface area contributed by atoms with Gasteiger partial charge in [-0.15, -0.1) is 0 Å². The highest BCUT2D eigenvalue weighted by Crippen LogP contribution is 2.25. The maximum Gasteiger partial charge on any atom is 0.123 e. The lowest BCUT2D eigenvalue weighted by atomic mass is 9.90. The zero-order chi connectivity index (χ0) is 13.8. The number of likely N-dealkylation sites (tertiary alicyclic amines) is 1. The molecule has 19 heavy (non-hydrogen) atoms. The molecular weight excluding hydrogens is 243 g/mol. The van der Waals surface area contributed by atoms with Gasteiger partial charge in [-0.1, -0.05) is 6.92 Å². The molecule has 0 aromatic heterocycles. The fourth-order valence-electron chi connectivity index (χ4n) is 2.85. The van der Waals surface area contributed by atoms with E-state index in [1.165, 1.54) is 18.2 Å². The Balaban J connectivity index is 2.20. The molecule has 0 amide bonds. The Morgan fingerprint density at radius 2 is 2.32 bits per heavy atom. The van der Waals surface area contributed by atoms with Gasteiger partial charge in [-0.05, 0) is 49.1 Å². The van der Waals surface area contributed by atoms with E-state index in [-0.39, 0.29) is 18.5 Å². The first-order valence-electron chi connectivity index (χ1n) is 6.69. The summed E-state index contributed by atoms with van der Waals surface area (Å²) in [5, 5.41) is 18.6. The molecule has 1 aromatic rings. The summed E-state index contributed by atoms with van der Waals surface area (Å²) in [6.45, 7) is 3.65. The summed E-state index contributed by atoms with van der Waals surface area (Å²) >= 11 is 0. The molecule has 1 aromatic carbocycles. The lowest BCUT2D eigenvalue weighted by Crippen LogP contribution is -2.46. The highest BCUT2D eigenvalue weighted by Gasteiger charge is 2.28. The number of aliphatic hydroxyl groups excluding tert-OH is 1. The fraction of sp³-hybridized carbons (Fsp3) is 0.533. The average Bonchev–Trinajstić information content (AvgIpc) is 2.39. The molecule has 1 N–H and O–H groups in total. The van der Waals surface area contributed by atoms with Gasteiger partial charge in [0.15, 0.2) is 0 Å².